The third-order valence-electron chi connectivity index (χ3n) is 2.02. The number of carbonyl (C=O) groups is 1. The zero-order chi connectivity index (χ0) is 13.3. The lowest BCUT2D eigenvalue weighted by molar-refractivity contribution is 0.0690. The summed E-state index contributed by atoms with van der Waals surface area (Å²) in [5.74, 6) is -0.895. The summed E-state index contributed by atoms with van der Waals surface area (Å²) in [5, 5.41) is 14.2. The number of hydrogen-bond donors (Lipinski definition) is 4. The Labute approximate surface area is 101 Å². The molecule has 2 heterocycles. The summed E-state index contributed by atoms with van der Waals surface area (Å²) in [7, 11) is -3.85. The Kier molecular flexibility index (Phi) is 2.79. The number of rotatable bonds is 4. The molecule has 0 bridgehead atoms. The number of aromatic amines is 2. The molecule has 0 amide bonds. The molecule has 0 aromatic carbocycles. The van der Waals surface area contributed by atoms with E-state index >= 15 is 0 Å². The smallest absolute Gasteiger partial charge is 0.353 e. The number of sulfonamides is 1. The number of H-pyrrole nitrogens is 2. The molecule has 2 aromatic rings. The zero-order valence-electron chi connectivity index (χ0n) is 9.13. The van der Waals surface area contributed by atoms with Gasteiger partial charge in [0.25, 0.3) is 10.0 Å². The molecule has 18 heavy (non-hydrogen) atoms. The molecule has 0 spiro atoms. The van der Waals surface area contributed by atoms with Crippen molar-refractivity contribution in [3.05, 3.63) is 23.8 Å². The molecular weight excluding hydrogens is 262 g/mol. The maximum absolute atomic E-state index is 11.8. The molecule has 2 rings (SSSR count). The maximum Gasteiger partial charge on any atom is 0.353 e. The lowest BCUT2D eigenvalue weighted by atomic mass is 10.4. The summed E-state index contributed by atoms with van der Waals surface area (Å²) in [6.07, 6.45) is 1.16. The molecule has 9 nitrogen and oxygen atoms in total. The van der Waals surface area contributed by atoms with Crippen LogP contribution < -0.4 is 4.72 Å². The summed E-state index contributed by atoms with van der Waals surface area (Å²) < 4.78 is 25.7. The van der Waals surface area contributed by atoms with Crippen LogP contribution in [-0.2, 0) is 10.0 Å². The fourth-order valence-corrected chi connectivity index (χ4v) is 2.17. The van der Waals surface area contributed by atoms with Gasteiger partial charge in [-0.1, -0.05) is 0 Å². The molecule has 10 heteroatoms. The number of aromatic nitrogens is 4. The van der Waals surface area contributed by atoms with Crippen LogP contribution >= 0.6 is 0 Å². The summed E-state index contributed by atoms with van der Waals surface area (Å²) in [6, 6.07) is 1.07. The minimum Gasteiger partial charge on any atom is -0.477 e. The minimum atomic E-state index is -3.85. The van der Waals surface area contributed by atoms with Crippen LogP contribution in [0.15, 0.2) is 17.3 Å². The van der Waals surface area contributed by atoms with Crippen molar-refractivity contribution in [3.8, 4) is 0 Å². The first-order chi connectivity index (χ1) is 8.38. The molecule has 0 aliphatic carbocycles. The van der Waals surface area contributed by atoms with E-state index in [9.17, 15) is 13.2 Å². The second kappa shape index (κ2) is 4.14. The van der Waals surface area contributed by atoms with E-state index in [1.807, 2.05) is 0 Å². The lowest BCUT2D eigenvalue weighted by Crippen LogP contribution is -2.13. The number of nitrogens with zero attached hydrogens (tertiary/aromatic N) is 2. The molecule has 0 unspecified atom stereocenters. The Morgan fingerprint density at radius 2 is 2.22 bits per heavy atom. The fourth-order valence-electron chi connectivity index (χ4n) is 1.21. The van der Waals surface area contributed by atoms with E-state index in [0.29, 0.717) is 5.82 Å². The van der Waals surface area contributed by atoms with Crippen LogP contribution in [-0.4, -0.2) is 39.7 Å². The number of hydrogen-bond acceptors (Lipinski definition) is 5. The molecule has 0 atom stereocenters. The lowest BCUT2D eigenvalue weighted by Gasteiger charge is -2.01. The summed E-state index contributed by atoms with van der Waals surface area (Å²) in [5.41, 5.74) is -0.214. The Morgan fingerprint density at radius 3 is 2.72 bits per heavy atom. The SMILES string of the molecule is Cc1ncc(S(=O)(=O)Nc2cc(C(=O)O)[nH]n2)[nH]1. The fraction of sp³-hybridized carbons (Fsp3) is 0.125. The number of imidazole rings is 1. The van der Waals surface area contributed by atoms with Crippen LogP contribution in [0.4, 0.5) is 5.82 Å². The van der Waals surface area contributed by atoms with Crippen molar-refractivity contribution in [2.24, 2.45) is 0 Å². The van der Waals surface area contributed by atoms with E-state index in [4.69, 9.17) is 5.11 Å². The third-order valence-corrected chi connectivity index (χ3v) is 3.28. The summed E-state index contributed by atoms with van der Waals surface area (Å²) in [4.78, 5) is 16.9. The van der Waals surface area contributed by atoms with E-state index in [0.717, 1.165) is 12.3 Å². The first kappa shape index (κ1) is 12.1. The van der Waals surface area contributed by atoms with Gasteiger partial charge >= 0.3 is 5.97 Å². The number of carboxylic acids is 1. The minimum absolute atomic E-state index is 0.111. The maximum atomic E-state index is 11.8. The van der Waals surface area contributed by atoms with Gasteiger partial charge in [0, 0.05) is 6.07 Å². The van der Waals surface area contributed by atoms with Crippen LogP contribution in [0.3, 0.4) is 0 Å². The second-order valence-electron chi connectivity index (χ2n) is 3.41. The van der Waals surface area contributed by atoms with Crippen LogP contribution in [0, 0.1) is 6.92 Å². The van der Waals surface area contributed by atoms with Crippen molar-refractivity contribution in [2.45, 2.75) is 11.9 Å². The van der Waals surface area contributed by atoms with Crippen molar-refractivity contribution in [2.75, 3.05) is 4.72 Å². The number of aryl methyl sites for hydroxylation is 1. The molecule has 0 aliphatic heterocycles. The Hall–Kier alpha value is -2.36. The number of anilines is 1. The van der Waals surface area contributed by atoms with Gasteiger partial charge in [-0.05, 0) is 6.92 Å². The molecule has 0 saturated heterocycles. The summed E-state index contributed by atoms with van der Waals surface area (Å²) >= 11 is 0. The zero-order valence-corrected chi connectivity index (χ0v) is 9.95. The van der Waals surface area contributed by atoms with Gasteiger partial charge in [0.2, 0.25) is 0 Å². The summed E-state index contributed by atoms with van der Waals surface area (Å²) in [6.45, 7) is 1.61. The first-order valence-electron chi connectivity index (χ1n) is 4.71. The normalized spacial score (nSPS) is 11.4. The number of nitrogens with one attached hydrogen (secondary N) is 3. The van der Waals surface area contributed by atoms with Crippen molar-refractivity contribution in [1.82, 2.24) is 20.2 Å². The first-order valence-corrected chi connectivity index (χ1v) is 6.20. The number of carboxylic acid groups (broad SMARTS) is 1. The van der Waals surface area contributed by atoms with E-state index in [2.05, 4.69) is 24.9 Å². The molecule has 2 aromatic heterocycles. The average Bonchev–Trinajstić information content (AvgIpc) is 2.86. The molecule has 0 radical (unpaired) electrons. The van der Waals surface area contributed by atoms with E-state index in [1.165, 1.54) is 0 Å². The average molecular weight is 271 g/mol. The molecule has 0 aliphatic rings. The largest absolute Gasteiger partial charge is 0.477 e. The highest BCUT2D eigenvalue weighted by atomic mass is 32.2. The van der Waals surface area contributed by atoms with Gasteiger partial charge in [0.1, 0.15) is 11.5 Å². The van der Waals surface area contributed by atoms with Gasteiger partial charge in [0.05, 0.1) is 6.20 Å². The van der Waals surface area contributed by atoms with Gasteiger partial charge in [-0.15, -0.1) is 0 Å². The van der Waals surface area contributed by atoms with Gasteiger partial charge < -0.3 is 10.1 Å². The Morgan fingerprint density at radius 1 is 1.50 bits per heavy atom. The van der Waals surface area contributed by atoms with E-state index < -0.39 is 16.0 Å². The molecule has 4 N–H and O–H groups in total. The second-order valence-corrected chi connectivity index (χ2v) is 5.06. The van der Waals surface area contributed by atoms with Crippen LogP contribution in [0.25, 0.3) is 0 Å². The predicted molar refractivity (Wildman–Crippen MR) is 59.7 cm³/mol. The van der Waals surface area contributed by atoms with Gasteiger partial charge in [0.15, 0.2) is 10.8 Å². The molecule has 96 valence electrons. The number of aromatic carboxylic acids is 1. The topological polar surface area (TPSA) is 141 Å². The highest BCUT2D eigenvalue weighted by Gasteiger charge is 2.18. The Balaban J connectivity index is 2.25. The van der Waals surface area contributed by atoms with Crippen LogP contribution in [0.2, 0.25) is 0 Å². The highest BCUT2D eigenvalue weighted by molar-refractivity contribution is 7.92. The van der Waals surface area contributed by atoms with E-state index in [1.54, 1.807) is 6.92 Å². The third kappa shape index (κ3) is 2.32. The molecular formula is C8H9N5O4S. The van der Waals surface area contributed by atoms with Crippen molar-refractivity contribution in [1.29, 1.82) is 0 Å². The molecule has 0 saturated carbocycles. The van der Waals surface area contributed by atoms with Gasteiger partial charge in [-0.3, -0.25) is 9.82 Å². The van der Waals surface area contributed by atoms with Crippen LogP contribution in [0.5, 0.6) is 0 Å². The van der Waals surface area contributed by atoms with Gasteiger partial charge in [-0.2, -0.15) is 13.5 Å². The quantitative estimate of drug-likeness (QED) is 0.614. The van der Waals surface area contributed by atoms with Crippen molar-refractivity contribution in [3.63, 3.8) is 0 Å². The predicted octanol–water partition coefficient (Wildman–Crippen LogP) is -0.0598. The van der Waals surface area contributed by atoms with Gasteiger partial charge in [-0.25, -0.2) is 9.78 Å². The molecule has 0 fully saturated rings. The standard InChI is InChI=1S/C8H9N5O4S/c1-4-9-3-7(10-4)18(16,17)13-6-2-5(8(14)15)11-12-6/h2-3H,1H3,(H,9,10)(H,14,15)(H2,11,12,13). The highest BCUT2D eigenvalue weighted by Crippen LogP contribution is 2.13. The van der Waals surface area contributed by atoms with Crippen LogP contribution in [0.1, 0.15) is 16.3 Å². The van der Waals surface area contributed by atoms with E-state index in [-0.39, 0.29) is 16.5 Å². The monoisotopic (exact) mass is 271 g/mol. The Bertz CT molecular complexity index is 686. The van der Waals surface area contributed by atoms with Crippen molar-refractivity contribution >= 4 is 21.8 Å². The van der Waals surface area contributed by atoms with Crippen molar-refractivity contribution < 1.29 is 18.3 Å².